The van der Waals surface area contributed by atoms with Crippen molar-refractivity contribution in [1.29, 1.82) is 0 Å². The number of hydrogen-bond acceptors (Lipinski definition) is 7. The van der Waals surface area contributed by atoms with Crippen LogP contribution in [0.15, 0.2) is 58.3 Å². The van der Waals surface area contributed by atoms with Crippen molar-refractivity contribution in [3.05, 3.63) is 69.9 Å². The van der Waals surface area contributed by atoms with Crippen molar-refractivity contribution in [1.82, 2.24) is 5.01 Å². The van der Waals surface area contributed by atoms with E-state index in [1.54, 1.807) is 11.3 Å². The summed E-state index contributed by atoms with van der Waals surface area (Å²) in [4.78, 5) is 0. The largest absolute Gasteiger partial charge is 0.490 e. The lowest BCUT2D eigenvalue weighted by atomic mass is 9.95. The average molecular weight is 420 g/mol. The van der Waals surface area contributed by atoms with E-state index in [-0.39, 0.29) is 19.1 Å². The molecule has 0 fully saturated rings. The average Bonchev–Trinajstić information content (AvgIpc) is 3.53. The zero-order valence-electron chi connectivity index (χ0n) is 16.4. The van der Waals surface area contributed by atoms with E-state index in [2.05, 4.69) is 27.9 Å². The Kier molecular flexibility index (Phi) is 4.09. The monoisotopic (exact) mass is 420 g/mol. The third-order valence-electron chi connectivity index (χ3n) is 5.61. The molecular weight excluding hydrogens is 400 g/mol. The predicted octanol–water partition coefficient (Wildman–Crippen LogP) is 5.12. The molecule has 4 heterocycles. The smallest absolute Gasteiger partial charge is 0.231 e. The Hall–Kier alpha value is -3.19. The number of hydrogen-bond donors (Lipinski definition) is 0. The highest BCUT2D eigenvalue weighted by molar-refractivity contribution is 7.07. The Bertz CT molecular complexity index is 1130. The number of thiophene rings is 1. The second-order valence-corrected chi connectivity index (χ2v) is 8.13. The highest BCUT2D eigenvalue weighted by Crippen LogP contribution is 2.51. The summed E-state index contributed by atoms with van der Waals surface area (Å²) in [6.07, 6.45) is 0.494. The Morgan fingerprint density at radius 3 is 2.97 bits per heavy atom. The molecule has 0 amide bonds. The van der Waals surface area contributed by atoms with Crippen LogP contribution in [-0.4, -0.2) is 24.1 Å². The fourth-order valence-corrected chi connectivity index (χ4v) is 4.91. The van der Waals surface area contributed by atoms with Crippen molar-refractivity contribution in [2.75, 3.05) is 13.4 Å². The lowest BCUT2D eigenvalue weighted by molar-refractivity contribution is -0.0209. The third-order valence-corrected chi connectivity index (χ3v) is 6.32. The minimum atomic E-state index is -0.290. The molecule has 0 N–H and O–H groups in total. The second kappa shape index (κ2) is 6.95. The first kappa shape index (κ1) is 17.7. The van der Waals surface area contributed by atoms with Gasteiger partial charge in [0.25, 0.3) is 0 Å². The first-order valence-electron chi connectivity index (χ1n) is 10.0. The molecule has 6 nitrogen and oxygen atoms in total. The van der Waals surface area contributed by atoms with Gasteiger partial charge in [-0.2, -0.15) is 16.4 Å². The van der Waals surface area contributed by atoms with E-state index in [1.165, 1.54) is 0 Å². The summed E-state index contributed by atoms with van der Waals surface area (Å²) in [6.45, 7) is 2.85. The molecule has 3 aromatic rings. The molecule has 2 aromatic carbocycles. The van der Waals surface area contributed by atoms with Gasteiger partial charge in [-0.15, -0.1) is 0 Å². The molecule has 0 aliphatic carbocycles. The van der Waals surface area contributed by atoms with Gasteiger partial charge in [-0.25, -0.2) is 5.01 Å². The molecule has 0 bridgehead atoms. The summed E-state index contributed by atoms with van der Waals surface area (Å²) in [5.74, 6) is 3.15. The number of benzene rings is 2. The van der Waals surface area contributed by atoms with Gasteiger partial charge in [0.05, 0.1) is 18.4 Å². The van der Waals surface area contributed by atoms with Crippen LogP contribution < -0.4 is 18.9 Å². The summed E-state index contributed by atoms with van der Waals surface area (Å²) in [5, 5.41) is 11.3. The van der Waals surface area contributed by atoms with Crippen LogP contribution in [0.25, 0.3) is 0 Å². The Morgan fingerprint density at radius 2 is 2.10 bits per heavy atom. The molecule has 3 aliphatic rings. The highest BCUT2D eigenvalue weighted by atomic mass is 32.1. The van der Waals surface area contributed by atoms with Crippen molar-refractivity contribution >= 4 is 17.0 Å². The number of hydrazone groups is 1. The van der Waals surface area contributed by atoms with Crippen molar-refractivity contribution in [2.24, 2.45) is 5.10 Å². The Labute approximate surface area is 178 Å². The summed E-state index contributed by atoms with van der Waals surface area (Å²) >= 11 is 1.66. The first-order chi connectivity index (χ1) is 14.8. The first-order valence-corrected chi connectivity index (χ1v) is 11.0. The van der Waals surface area contributed by atoms with Crippen molar-refractivity contribution in [3.8, 4) is 23.0 Å². The van der Waals surface area contributed by atoms with Crippen LogP contribution in [0.2, 0.25) is 0 Å². The van der Waals surface area contributed by atoms with Gasteiger partial charge in [-0.3, -0.25) is 0 Å². The summed E-state index contributed by atoms with van der Waals surface area (Å²) in [7, 11) is 0. The fourth-order valence-electron chi connectivity index (χ4n) is 4.24. The SMILES string of the molecule is CCOc1cccc2c1OC(c1ccsc1)N1N=C(c3ccc4c(c3)OCO4)CC21. The molecule has 3 aliphatic heterocycles. The molecule has 2 atom stereocenters. The molecule has 7 heteroatoms. The third kappa shape index (κ3) is 2.73. The summed E-state index contributed by atoms with van der Waals surface area (Å²) in [5.41, 5.74) is 4.25. The molecule has 0 saturated carbocycles. The number of fused-ring (bicyclic) bond motifs is 4. The topological polar surface area (TPSA) is 52.5 Å². The van der Waals surface area contributed by atoms with Crippen LogP contribution in [-0.2, 0) is 0 Å². The molecular formula is C23H20N2O4S. The van der Waals surface area contributed by atoms with Crippen molar-refractivity contribution < 1.29 is 18.9 Å². The number of ether oxygens (including phenoxy) is 4. The van der Waals surface area contributed by atoms with Crippen molar-refractivity contribution in [3.63, 3.8) is 0 Å². The van der Waals surface area contributed by atoms with E-state index in [4.69, 9.17) is 24.0 Å². The molecule has 0 spiro atoms. The van der Waals surface area contributed by atoms with Crippen molar-refractivity contribution in [2.45, 2.75) is 25.6 Å². The van der Waals surface area contributed by atoms with Gasteiger partial charge in [0.2, 0.25) is 13.0 Å². The summed E-state index contributed by atoms with van der Waals surface area (Å²) in [6, 6.07) is 14.3. The predicted molar refractivity (Wildman–Crippen MR) is 114 cm³/mol. The molecule has 6 rings (SSSR count). The maximum absolute atomic E-state index is 6.49. The molecule has 1 aromatic heterocycles. The molecule has 0 saturated heterocycles. The maximum Gasteiger partial charge on any atom is 0.231 e. The van der Waals surface area contributed by atoms with Crippen LogP contribution >= 0.6 is 11.3 Å². The number of para-hydroxylation sites is 1. The highest BCUT2D eigenvalue weighted by Gasteiger charge is 2.42. The standard InChI is InChI=1S/C23H20N2O4S/c1-2-26-20-5-3-4-16-18-11-17(14-6-7-19-21(10-14)28-13-27-19)24-25(18)23(29-22(16)20)15-8-9-30-12-15/h3-10,12,18,23H,2,11,13H2,1H3. The minimum Gasteiger partial charge on any atom is -0.490 e. The molecule has 30 heavy (non-hydrogen) atoms. The normalized spacial score (nSPS) is 21.0. The van der Waals surface area contributed by atoms with Crippen LogP contribution in [0, 0.1) is 0 Å². The maximum atomic E-state index is 6.49. The quantitative estimate of drug-likeness (QED) is 0.587. The lowest BCUT2D eigenvalue weighted by Gasteiger charge is -2.38. The second-order valence-electron chi connectivity index (χ2n) is 7.35. The van der Waals surface area contributed by atoms with E-state index in [0.717, 1.165) is 51.8 Å². The van der Waals surface area contributed by atoms with Crippen LogP contribution in [0.3, 0.4) is 0 Å². The van der Waals surface area contributed by atoms with Crippen LogP contribution in [0.1, 0.15) is 42.3 Å². The van der Waals surface area contributed by atoms with E-state index in [9.17, 15) is 0 Å². The number of nitrogens with zero attached hydrogens (tertiary/aromatic N) is 2. The Morgan fingerprint density at radius 1 is 1.17 bits per heavy atom. The molecule has 0 radical (unpaired) electrons. The minimum absolute atomic E-state index is 0.0829. The zero-order valence-corrected chi connectivity index (χ0v) is 17.2. The van der Waals surface area contributed by atoms with Gasteiger partial charge in [0, 0.05) is 23.1 Å². The summed E-state index contributed by atoms with van der Waals surface area (Å²) < 4.78 is 23.4. The van der Waals surface area contributed by atoms with Gasteiger partial charge in [0.1, 0.15) is 0 Å². The van der Waals surface area contributed by atoms with Gasteiger partial charge in [-0.1, -0.05) is 12.1 Å². The van der Waals surface area contributed by atoms with Crippen LogP contribution in [0.4, 0.5) is 0 Å². The van der Waals surface area contributed by atoms with E-state index in [1.807, 2.05) is 37.3 Å². The van der Waals surface area contributed by atoms with Gasteiger partial charge in [0.15, 0.2) is 23.0 Å². The number of rotatable bonds is 4. The molecule has 2 unspecified atom stereocenters. The van der Waals surface area contributed by atoms with Gasteiger partial charge < -0.3 is 18.9 Å². The van der Waals surface area contributed by atoms with E-state index < -0.39 is 0 Å². The van der Waals surface area contributed by atoms with Crippen LogP contribution in [0.5, 0.6) is 23.0 Å². The lowest BCUT2D eigenvalue weighted by Crippen LogP contribution is -2.33. The fraction of sp³-hybridized carbons (Fsp3) is 0.261. The molecule has 152 valence electrons. The van der Waals surface area contributed by atoms with E-state index in [0.29, 0.717) is 6.61 Å². The zero-order chi connectivity index (χ0) is 20.1. The van der Waals surface area contributed by atoms with E-state index >= 15 is 0 Å². The van der Waals surface area contributed by atoms with Gasteiger partial charge >= 0.3 is 0 Å². The Balaban J connectivity index is 1.43. The van der Waals surface area contributed by atoms with Gasteiger partial charge in [-0.05, 0) is 48.0 Å².